The van der Waals surface area contributed by atoms with Crippen molar-refractivity contribution in [1.29, 1.82) is 5.26 Å². The Kier molecular flexibility index (Phi) is 5.00. The molecule has 3 aromatic rings. The number of carbonyl (C=O) groups excluding carboxylic acids is 1. The molecule has 0 amide bonds. The van der Waals surface area contributed by atoms with Crippen LogP contribution in [0.5, 0.6) is 0 Å². The van der Waals surface area contributed by atoms with E-state index in [-0.39, 0.29) is 5.95 Å². The molecule has 0 atom stereocenters. The van der Waals surface area contributed by atoms with Gasteiger partial charge in [0.25, 0.3) is 0 Å². The second kappa shape index (κ2) is 7.72. The van der Waals surface area contributed by atoms with Gasteiger partial charge in [0.2, 0.25) is 5.95 Å². The quantitative estimate of drug-likeness (QED) is 0.678. The van der Waals surface area contributed by atoms with Crippen LogP contribution in [-0.4, -0.2) is 28.3 Å². The highest BCUT2D eigenvalue weighted by atomic mass is 16.5. The molecule has 0 spiro atoms. The maximum atomic E-state index is 11.6. The van der Waals surface area contributed by atoms with Crippen LogP contribution in [0, 0.1) is 11.3 Å². The first kappa shape index (κ1) is 16.9. The standard InChI is InChI=1S/C18H14N6O2/c1-26-17(25)13-5-3-7-15(9-13)21-16-11-20-24-18(23-16)22-14-6-2-4-12(8-14)10-19/h2-9,11H,1H3,(H2,21,22,23,24). The summed E-state index contributed by atoms with van der Waals surface area (Å²) in [6, 6.07) is 15.8. The Morgan fingerprint density at radius 3 is 2.65 bits per heavy atom. The van der Waals surface area contributed by atoms with Crippen LogP contribution in [0.25, 0.3) is 0 Å². The number of esters is 1. The minimum Gasteiger partial charge on any atom is -0.465 e. The summed E-state index contributed by atoms with van der Waals surface area (Å²) >= 11 is 0. The second-order valence-corrected chi connectivity index (χ2v) is 5.18. The predicted octanol–water partition coefficient (Wildman–Crippen LogP) is 3.02. The largest absolute Gasteiger partial charge is 0.465 e. The monoisotopic (exact) mass is 346 g/mol. The highest BCUT2D eigenvalue weighted by Crippen LogP contribution is 2.18. The molecule has 0 aliphatic heterocycles. The summed E-state index contributed by atoms with van der Waals surface area (Å²) in [5, 5.41) is 22.8. The number of ether oxygens (including phenoxy) is 1. The van der Waals surface area contributed by atoms with Crippen LogP contribution in [0.15, 0.2) is 54.7 Å². The Balaban J connectivity index is 1.77. The van der Waals surface area contributed by atoms with Crippen molar-refractivity contribution < 1.29 is 9.53 Å². The lowest BCUT2D eigenvalue weighted by Crippen LogP contribution is -2.04. The van der Waals surface area contributed by atoms with Crippen molar-refractivity contribution in [2.75, 3.05) is 17.7 Å². The summed E-state index contributed by atoms with van der Waals surface area (Å²) in [6.45, 7) is 0. The van der Waals surface area contributed by atoms with Gasteiger partial charge < -0.3 is 15.4 Å². The third-order valence-electron chi connectivity index (χ3n) is 3.36. The van der Waals surface area contributed by atoms with Crippen LogP contribution >= 0.6 is 0 Å². The molecular weight excluding hydrogens is 332 g/mol. The summed E-state index contributed by atoms with van der Waals surface area (Å²) in [6.07, 6.45) is 1.46. The molecule has 2 N–H and O–H groups in total. The Bertz CT molecular complexity index is 983. The average molecular weight is 346 g/mol. The molecule has 0 bridgehead atoms. The van der Waals surface area contributed by atoms with Crippen molar-refractivity contribution in [3.8, 4) is 6.07 Å². The number of rotatable bonds is 5. The van der Waals surface area contributed by atoms with Gasteiger partial charge in [-0.25, -0.2) is 4.79 Å². The summed E-state index contributed by atoms with van der Waals surface area (Å²) in [7, 11) is 1.33. The third-order valence-corrected chi connectivity index (χ3v) is 3.36. The van der Waals surface area contributed by atoms with Crippen LogP contribution in [0.4, 0.5) is 23.1 Å². The van der Waals surface area contributed by atoms with Gasteiger partial charge in [-0.15, -0.1) is 5.10 Å². The molecule has 2 aromatic carbocycles. The maximum absolute atomic E-state index is 11.6. The van der Waals surface area contributed by atoms with Crippen LogP contribution in [0.1, 0.15) is 15.9 Å². The van der Waals surface area contributed by atoms with E-state index in [2.05, 4.69) is 31.9 Å². The predicted molar refractivity (Wildman–Crippen MR) is 95.3 cm³/mol. The molecule has 3 rings (SSSR count). The van der Waals surface area contributed by atoms with E-state index in [0.29, 0.717) is 28.3 Å². The second-order valence-electron chi connectivity index (χ2n) is 5.18. The van der Waals surface area contributed by atoms with Crippen molar-refractivity contribution in [3.05, 3.63) is 65.9 Å². The van der Waals surface area contributed by atoms with Gasteiger partial charge in [0.1, 0.15) is 0 Å². The molecule has 8 nitrogen and oxygen atoms in total. The van der Waals surface area contributed by atoms with E-state index >= 15 is 0 Å². The SMILES string of the molecule is COC(=O)c1cccc(Nc2cnnc(Nc3cccc(C#N)c3)n2)c1. The fraction of sp³-hybridized carbons (Fsp3) is 0.0556. The maximum Gasteiger partial charge on any atom is 0.337 e. The Hall–Kier alpha value is -3.99. The molecular formula is C18H14N6O2. The lowest BCUT2D eigenvalue weighted by atomic mass is 10.2. The number of carbonyl (C=O) groups is 1. The number of nitriles is 1. The number of nitrogens with one attached hydrogen (secondary N) is 2. The van der Waals surface area contributed by atoms with Gasteiger partial charge in [-0.3, -0.25) is 0 Å². The van der Waals surface area contributed by atoms with Crippen molar-refractivity contribution in [1.82, 2.24) is 15.2 Å². The first-order valence-electron chi connectivity index (χ1n) is 7.60. The van der Waals surface area contributed by atoms with E-state index in [9.17, 15) is 4.79 Å². The van der Waals surface area contributed by atoms with Gasteiger partial charge >= 0.3 is 5.97 Å². The number of nitrogens with zero attached hydrogens (tertiary/aromatic N) is 4. The van der Waals surface area contributed by atoms with Crippen molar-refractivity contribution in [2.45, 2.75) is 0 Å². The summed E-state index contributed by atoms with van der Waals surface area (Å²) in [4.78, 5) is 15.9. The van der Waals surface area contributed by atoms with Gasteiger partial charge in [-0.2, -0.15) is 15.3 Å². The molecule has 8 heteroatoms. The molecule has 1 aromatic heterocycles. The molecule has 1 heterocycles. The molecule has 26 heavy (non-hydrogen) atoms. The zero-order chi connectivity index (χ0) is 18.4. The number of benzene rings is 2. The van der Waals surface area contributed by atoms with E-state index in [0.717, 1.165) is 0 Å². The smallest absolute Gasteiger partial charge is 0.337 e. The van der Waals surface area contributed by atoms with E-state index in [1.54, 1.807) is 48.5 Å². The molecule has 0 saturated carbocycles. The molecule has 0 fully saturated rings. The van der Waals surface area contributed by atoms with Crippen molar-refractivity contribution in [3.63, 3.8) is 0 Å². The number of anilines is 4. The topological polar surface area (TPSA) is 113 Å². The van der Waals surface area contributed by atoms with E-state index in [1.165, 1.54) is 13.3 Å². The van der Waals surface area contributed by atoms with Crippen LogP contribution in [0.3, 0.4) is 0 Å². The minimum absolute atomic E-state index is 0.272. The third kappa shape index (κ3) is 4.10. The number of hydrogen-bond acceptors (Lipinski definition) is 8. The molecule has 0 aliphatic carbocycles. The lowest BCUT2D eigenvalue weighted by molar-refractivity contribution is 0.0601. The summed E-state index contributed by atoms with van der Waals surface area (Å²) in [5.41, 5.74) is 2.28. The highest BCUT2D eigenvalue weighted by molar-refractivity contribution is 5.90. The number of hydrogen-bond donors (Lipinski definition) is 2. The molecule has 0 aliphatic rings. The van der Waals surface area contributed by atoms with Crippen LogP contribution in [-0.2, 0) is 4.74 Å². The zero-order valence-electron chi connectivity index (χ0n) is 13.8. The van der Waals surface area contributed by atoms with E-state index in [1.807, 2.05) is 0 Å². The molecule has 0 radical (unpaired) electrons. The van der Waals surface area contributed by atoms with Crippen LogP contribution in [0.2, 0.25) is 0 Å². The highest BCUT2D eigenvalue weighted by Gasteiger charge is 2.07. The molecule has 0 unspecified atom stereocenters. The normalized spacial score (nSPS) is 9.85. The number of methoxy groups -OCH3 is 1. The van der Waals surface area contributed by atoms with Gasteiger partial charge in [0, 0.05) is 11.4 Å². The average Bonchev–Trinajstić information content (AvgIpc) is 2.68. The molecule has 0 saturated heterocycles. The minimum atomic E-state index is -0.422. The summed E-state index contributed by atoms with van der Waals surface area (Å²) < 4.78 is 4.71. The Labute approximate surface area is 149 Å². The van der Waals surface area contributed by atoms with Gasteiger partial charge in [0.05, 0.1) is 30.5 Å². The zero-order valence-corrected chi connectivity index (χ0v) is 13.8. The van der Waals surface area contributed by atoms with Crippen molar-refractivity contribution in [2.24, 2.45) is 0 Å². The van der Waals surface area contributed by atoms with E-state index < -0.39 is 5.97 Å². The Morgan fingerprint density at radius 1 is 1.12 bits per heavy atom. The van der Waals surface area contributed by atoms with Crippen molar-refractivity contribution >= 4 is 29.1 Å². The van der Waals surface area contributed by atoms with Gasteiger partial charge in [-0.05, 0) is 36.4 Å². The van der Waals surface area contributed by atoms with E-state index in [4.69, 9.17) is 10.00 Å². The fourth-order valence-electron chi connectivity index (χ4n) is 2.20. The Morgan fingerprint density at radius 2 is 1.88 bits per heavy atom. The van der Waals surface area contributed by atoms with Crippen LogP contribution < -0.4 is 10.6 Å². The number of aromatic nitrogens is 3. The lowest BCUT2D eigenvalue weighted by Gasteiger charge is -2.08. The fourth-order valence-corrected chi connectivity index (χ4v) is 2.20. The van der Waals surface area contributed by atoms with Gasteiger partial charge in [0.15, 0.2) is 5.82 Å². The summed E-state index contributed by atoms with van der Waals surface area (Å²) in [5.74, 6) is 0.296. The first-order valence-corrected chi connectivity index (χ1v) is 7.60. The molecule has 128 valence electrons. The van der Waals surface area contributed by atoms with Gasteiger partial charge in [-0.1, -0.05) is 12.1 Å². The first-order chi connectivity index (χ1) is 12.7.